The van der Waals surface area contributed by atoms with Crippen LogP contribution in [0.2, 0.25) is 0 Å². The number of aliphatic hydroxyl groups is 1. The molecule has 19 heavy (non-hydrogen) atoms. The number of aliphatic hydroxyl groups excluding tert-OH is 1. The van der Waals surface area contributed by atoms with Gasteiger partial charge in [-0.2, -0.15) is 0 Å². The SMILES string of the molecule is CC(C)c1cccc(Oc2ccccc2[C@@H](C)O)c1. The summed E-state index contributed by atoms with van der Waals surface area (Å²) in [5.74, 6) is 1.98. The topological polar surface area (TPSA) is 29.5 Å². The molecular formula is C17H20O2. The number of ether oxygens (including phenoxy) is 1. The van der Waals surface area contributed by atoms with Crippen molar-refractivity contribution in [2.45, 2.75) is 32.8 Å². The van der Waals surface area contributed by atoms with Crippen LogP contribution in [0.25, 0.3) is 0 Å². The van der Waals surface area contributed by atoms with Crippen LogP contribution < -0.4 is 4.74 Å². The maximum Gasteiger partial charge on any atom is 0.133 e. The van der Waals surface area contributed by atoms with E-state index in [0.29, 0.717) is 11.7 Å². The van der Waals surface area contributed by atoms with Gasteiger partial charge in [-0.15, -0.1) is 0 Å². The molecule has 0 aliphatic heterocycles. The third-order valence-corrected chi connectivity index (χ3v) is 3.12. The summed E-state index contributed by atoms with van der Waals surface area (Å²) < 4.78 is 5.90. The Kier molecular flexibility index (Phi) is 4.23. The van der Waals surface area contributed by atoms with Crippen LogP contribution in [0.1, 0.15) is 43.9 Å². The van der Waals surface area contributed by atoms with Gasteiger partial charge in [0.15, 0.2) is 0 Å². The second kappa shape index (κ2) is 5.89. The van der Waals surface area contributed by atoms with Crippen LogP contribution in [0.5, 0.6) is 11.5 Å². The van der Waals surface area contributed by atoms with Gasteiger partial charge in [0.05, 0.1) is 6.10 Å². The van der Waals surface area contributed by atoms with Crippen molar-refractivity contribution in [1.29, 1.82) is 0 Å². The largest absolute Gasteiger partial charge is 0.457 e. The van der Waals surface area contributed by atoms with Crippen molar-refractivity contribution < 1.29 is 9.84 Å². The Labute approximate surface area is 114 Å². The fraction of sp³-hybridized carbons (Fsp3) is 0.294. The first-order valence-electron chi connectivity index (χ1n) is 6.62. The molecule has 0 spiro atoms. The Morgan fingerprint density at radius 2 is 1.68 bits per heavy atom. The predicted octanol–water partition coefficient (Wildman–Crippen LogP) is 4.66. The fourth-order valence-electron chi connectivity index (χ4n) is 1.98. The molecule has 0 saturated heterocycles. The van der Waals surface area contributed by atoms with Gasteiger partial charge < -0.3 is 9.84 Å². The van der Waals surface area contributed by atoms with E-state index in [1.54, 1.807) is 6.92 Å². The number of para-hydroxylation sites is 1. The molecule has 0 unspecified atom stereocenters. The summed E-state index contributed by atoms with van der Waals surface area (Å²) in [5, 5.41) is 9.75. The summed E-state index contributed by atoms with van der Waals surface area (Å²) in [7, 11) is 0. The Balaban J connectivity index is 2.29. The number of hydrogen-bond acceptors (Lipinski definition) is 2. The monoisotopic (exact) mass is 256 g/mol. The molecule has 2 nitrogen and oxygen atoms in total. The Bertz CT molecular complexity index is 544. The third kappa shape index (κ3) is 3.36. The van der Waals surface area contributed by atoms with Gasteiger partial charge in [-0.05, 0) is 36.6 Å². The molecule has 2 aromatic carbocycles. The second-order valence-corrected chi connectivity index (χ2v) is 5.04. The summed E-state index contributed by atoms with van der Waals surface area (Å²) in [6, 6.07) is 15.6. The molecule has 0 radical (unpaired) electrons. The average Bonchev–Trinajstić information content (AvgIpc) is 2.39. The van der Waals surface area contributed by atoms with E-state index in [9.17, 15) is 5.11 Å². The normalized spacial score (nSPS) is 12.5. The van der Waals surface area contributed by atoms with Gasteiger partial charge in [0.25, 0.3) is 0 Å². The number of hydrogen-bond donors (Lipinski definition) is 1. The lowest BCUT2D eigenvalue weighted by Gasteiger charge is -2.14. The number of benzene rings is 2. The molecule has 100 valence electrons. The van der Waals surface area contributed by atoms with Crippen molar-refractivity contribution in [2.75, 3.05) is 0 Å². The van der Waals surface area contributed by atoms with Crippen LogP contribution in [0.3, 0.4) is 0 Å². The van der Waals surface area contributed by atoms with E-state index in [1.165, 1.54) is 5.56 Å². The van der Waals surface area contributed by atoms with Crippen molar-refractivity contribution in [1.82, 2.24) is 0 Å². The van der Waals surface area contributed by atoms with E-state index in [4.69, 9.17) is 4.74 Å². The van der Waals surface area contributed by atoms with Crippen LogP contribution in [-0.2, 0) is 0 Å². The van der Waals surface area contributed by atoms with Gasteiger partial charge in [-0.3, -0.25) is 0 Å². The summed E-state index contributed by atoms with van der Waals surface area (Å²) in [4.78, 5) is 0. The van der Waals surface area contributed by atoms with Gasteiger partial charge in [0.2, 0.25) is 0 Å². The van der Waals surface area contributed by atoms with Gasteiger partial charge in [-0.25, -0.2) is 0 Å². The lowest BCUT2D eigenvalue weighted by Crippen LogP contribution is -1.96. The molecule has 2 heteroatoms. The smallest absolute Gasteiger partial charge is 0.133 e. The minimum Gasteiger partial charge on any atom is -0.457 e. The van der Waals surface area contributed by atoms with E-state index in [-0.39, 0.29) is 0 Å². The Morgan fingerprint density at radius 1 is 0.947 bits per heavy atom. The van der Waals surface area contributed by atoms with Gasteiger partial charge >= 0.3 is 0 Å². The van der Waals surface area contributed by atoms with E-state index in [1.807, 2.05) is 42.5 Å². The van der Waals surface area contributed by atoms with Gasteiger partial charge in [0.1, 0.15) is 11.5 Å². The van der Waals surface area contributed by atoms with Crippen LogP contribution in [0.4, 0.5) is 0 Å². The highest BCUT2D eigenvalue weighted by Crippen LogP contribution is 2.30. The van der Waals surface area contributed by atoms with Gasteiger partial charge in [-0.1, -0.05) is 44.2 Å². The van der Waals surface area contributed by atoms with E-state index in [2.05, 4.69) is 19.9 Å². The standard InChI is InChI=1S/C17H20O2/c1-12(2)14-7-6-8-15(11-14)19-17-10-5-4-9-16(17)13(3)18/h4-13,18H,1-3H3/t13-/m1/s1. The van der Waals surface area contributed by atoms with Crippen LogP contribution in [-0.4, -0.2) is 5.11 Å². The summed E-state index contributed by atoms with van der Waals surface area (Å²) in [6.45, 7) is 6.05. The molecule has 0 bridgehead atoms. The molecule has 0 saturated carbocycles. The lowest BCUT2D eigenvalue weighted by molar-refractivity contribution is 0.195. The van der Waals surface area contributed by atoms with E-state index < -0.39 is 6.10 Å². The first-order chi connectivity index (χ1) is 9.08. The summed E-state index contributed by atoms with van der Waals surface area (Å²) >= 11 is 0. The molecule has 1 N–H and O–H groups in total. The van der Waals surface area contributed by atoms with Gasteiger partial charge in [0, 0.05) is 5.56 Å². The molecule has 0 aliphatic carbocycles. The first-order valence-corrected chi connectivity index (χ1v) is 6.62. The zero-order valence-corrected chi connectivity index (χ0v) is 11.6. The quantitative estimate of drug-likeness (QED) is 0.862. The molecule has 0 amide bonds. The third-order valence-electron chi connectivity index (χ3n) is 3.12. The summed E-state index contributed by atoms with van der Waals surface area (Å²) in [5.41, 5.74) is 2.05. The minimum atomic E-state index is -0.538. The van der Waals surface area contributed by atoms with Crippen molar-refractivity contribution >= 4 is 0 Å². The molecule has 2 aromatic rings. The second-order valence-electron chi connectivity index (χ2n) is 5.04. The fourth-order valence-corrected chi connectivity index (χ4v) is 1.98. The highest BCUT2D eigenvalue weighted by molar-refractivity contribution is 5.40. The van der Waals surface area contributed by atoms with E-state index in [0.717, 1.165) is 11.3 Å². The zero-order valence-electron chi connectivity index (χ0n) is 11.6. The molecule has 1 atom stereocenters. The molecule has 0 heterocycles. The molecule has 0 aliphatic rings. The number of rotatable bonds is 4. The molecule has 2 rings (SSSR count). The van der Waals surface area contributed by atoms with Crippen LogP contribution >= 0.6 is 0 Å². The zero-order chi connectivity index (χ0) is 13.8. The average molecular weight is 256 g/mol. The lowest BCUT2D eigenvalue weighted by atomic mass is 10.0. The Hall–Kier alpha value is -1.80. The van der Waals surface area contributed by atoms with Crippen LogP contribution in [0, 0.1) is 0 Å². The van der Waals surface area contributed by atoms with Crippen molar-refractivity contribution in [2.24, 2.45) is 0 Å². The first kappa shape index (κ1) is 13.6. The molecule has 0 aromatic heterocycles. The van der Waals surface area contributed by atoms with E-state index >= 15 is 0 Å². The van der Waals surface area contributed by atoms with Crippen molar-refractivity contribution in [3.8, 4) is 11.5 Å². The predicted molar refractivity (Wildman–Crippen MR) is 77.7 cm³/mol. The molecular weight excluding hydrogens is 236 g/mol. The highest BCUT2D eigenvalue weighted by Gasteiger charge is 2.09. The maximum absolute atomic E-state index is 9.75. The maximum atomic E-state index is 9.75. The highest BCUT2D eigenvalue weighted by atomic mass is 16.5. The summed E-state index contributed by atoms with van der Waals surface area (Å²) in [6.07, 6.45) is -0.538. The molecule has 0 fully saturated rings. The van der Waals surface area contributed by atoms with Crippen molar-refractivity contribution in [3.63, 3.8) is 0 Å². The Morgan fingerprint density at radius 3 is 2.37 bits per heavy atom. The van der Waals surface area contributed by atoms with Crippen molar-refractivity contribution in [3.05, 3.63) is 59.7 Å². The minimum absolute atomic E-state index is 0.468. The van der Waals surface area contributed by atoms with Crippen LogP contribution in [0.15, 0.2) is 48.5 Å².